The van der Waals surface area contributed by atoms with Gasteiger partial charge in [0.1, 0.15) is 12.1 Å². The number of nitrogens with zero attached hydrogens (tertiary/aromatic N) is 1. The minimum absolute atomic E-state index is 0.0330. The van der Waals surface area contributed by atoms with Crippen LogP contribution in [0.1, 0.15) is 50.2 Å². The molecule has 1 atom stereocenters. The topological polar surface area (TPSA) is 95.9 Å². The lowest BCUT2D eigenvalue weighted by atomic mass is 9.63. The number of carboxylic acid groups (broad SMARTS) is 1. The number of alkyl carbamates (subject to hydrolysis) is 1. The van der Waals surface area contributed by atoms with Crippen molar-refractivity contribution in [2.75, 3.05) is 19.7 Å². The van der Waals surface area contributed by atoms with Gasteiger partial charge in [-0.05, 0) is 46.9 Å². The maximum Gasteiger partial charge on any atom is 0.407 e. The third-order valence-corrected chi connectivity index (χ3v) is 7.84. The molecule has 7 nitrogen and oxygen atoms in total. The van der Waals surface area contributed by atoms with E-state index in [1.807, 2.05) is 38.1 Å². The van der Waals surface area contributed by atoms with Gasteiger partial charge in [0.15, 0.2) is 0 Å². The van der Waals surface area contributed by atoms with E-state index in [2.05, 4.69) is 29.6 Å². The Morgan fingerprint density at radius 1 is 1.09 bits per heavy atom. The van der Waals surface area contributed by atoms with E-state index in [0.717, 1.165) is 22.3 Å². The summed E-state index contributed by atoms with van der Waals surface area (Å²) >= 11 is 0. The molecular formula is C27H30N2O5. The molecule has 0 radical (unpaired) electrons. The van der Waals surface area contributed by atoms with E-state index in [9.17, 15) is 19.5 Å². The molecule has 4 aliphatic rings. The first-order chi connectivity index (χ1) is 16.3. The number of ether oxygens (including phenoxy) is 1. The van der Waals surface area contributed by atoms with E-state index in [1.54, 1.807) is 0 Å². The molecule has 34 heavy (non-hydrogen) atoms. The SMILES string of the molecule is CCC(CNC(=O)OCC1c2ccccc2-c2ccccc21)C(=O)N1CC2(C)CC1(C(=O)O)C2. The summed E-state index contributed by atoms with van der Waals surface area (Å²) in [5.74, 6) is -1.66. The normalized spacial score (nSPS) is 25.2. The van der Waals surface area contributed by atoms with Crippen LogP contribution in [-0.2, 0) is 14.3 Å². The van der Waals surface area contributed by atoms with Crippen molar-refractivity contribution >= 4 is 18.0 Å². The van der Waals surface area contributed by atoms with Crippen LogP contribution in [0.2, 0.25) is 0 Å². The fraction of sp³-hybridized carbons (Fsp3) is 0.444. The average molecular weight is 463 g/mol. The lowest BCUT2D eigenvalue weighted by molar-refractivity contribution is -0.161. The molecule has 2 bridgehead atoms. The molecule has 2 heterocycles. The van der Waals surface area contributed by atoms with Crippen LogP contribution in [0.4, 0.5) is 4.79 Å². The first-order valence-corrected chi connectivity index (χ1v) is 11.9. The second kappa shape index (κ2) is 8.15. The van der Waals surface area contributed by atoms with Gasteiger partial charge >= 0.3 is 12.1 Å². The summed E-state index contributed by atoms with van der Waals surface area (Å²) in [6.07, 6.45) is 0.929. The molecule has 7 heteroatoms. The predicted molar refractivity (Wildman–Crippen MR) is 126 cm³/mol. The summed E-state index contributed by atoms with van der Waals surface area (Å²) in [7, 11) is 0. The molecule has 6 rings (SSSR count). The minimum Gasteiger partial charge on any atom is -0.479 e. The number of fused-ring (bicyclic) bond motifs is 4. The zero-order chi connectivity index (χ0) is 24.1. The van der Waals surface area contributed by atoms with E-state index >= 15 is 0 Å². The Hall–Kier alpha value is -3.35. The second-order valence-electron chi connectivity index (χ2n) is 10.2. The molecule has 0 spiro atoms. The largest absolute Gasteiger partial charge is 0.479 e. The monoisotopic (exact) mass is 462 g/mol. The quantitative estimate of drug-likeness (QED) is 0.648. The molecule has 1 unspecified atom stereocenters. The summed E-state index contributed by atoms with van der Waals surface area (Å²) in [4.78, 5) is 39.1. The number of benzene rings is 2. The first-order valence-electron chi connectivity index (χ1n) is 11.9. The van der Waals surface area contributed by atoms with Gasteiger partial charge in [-0.25, -0.2) is 9.59 Å². The van der Waals surface area contributed by atoms with Crippen LogP contribution in [0.25, 0.3) is 11.1 Å². The molecule has 2 aromatic carbocycles. The summed E-state index contributed by atoms with van der Waals surface area (Å²) in [5.41, 5.74) is 3.40. The average Bonchev–Trinajstić information content (AvgIpc) is 3.41. The number of carbonyl (C=O) groups excluding carboxylic acids is 2. The lowest BCUT2D eigenvalue weighted by Crippen LogP contribution is -2.57. The molecular weight excluding hydrogens is 432 g/mol. The van der Waals surface area contributed by atoms with Crippen molar-refractivity contribution in [3.8, 4) is 11.1 Å². The van der Waals surface area contributed by atoms with Crippen LogP contribution in [-0.4, -0.2) is 53.2 Å². The van der Waals surface area contributed by atoms with Gasteiger partial charge in [0.05, 0.1) is 5.92 Å². The minimum atomic E-state index is -1.08. The Balaban J connectivity index is 1.20. The molecule has 2 aliphatic carbocycles. The van der Waals surface area contributed by atoms with Gasteiger partial charge < -0.3 is 20.1 Å². The lowest BCUT2D eigenvalue weighted by Gasteiger charge is -2.43. The number of hydrogen-bond donors (Lipinski definition) is 2. The number of carbonyl (C=O) groups is 3. The van der Waals surface area contributed by atoms with Gasteiger partial charge in [0.25, 0.3) is 0 Å². The third-order valence-electron chi connectivity index (χ3n) is 7.84. The van der Waals surface area contributed by atoms with Gasteiger partial charge in [0, 0.05) is 19.0 Å². The third kappa shape index (κ3) is 3.45. The molecule has 1 saturated carbocycles. The zero-order valence-corrected chi connectivity index (χ0v) is 19.5. The van der Waals surface area contributed by atoms with Crippen LogP contribution in [0.3, 0.4) is 0 Å². The summed E-state index contributed by atoms with van der Waals surface area (Å²) < 4.78 is 5.57. The van der Waals surface area contributed by atoms with E-state index < -0.39 is 23.5 Å². The smallest absolute Gasteiger partial charge is 0.407 e. The Morgan fingerprint density at radius 3 is 2.24 bits per heavy atom. The zero-order valence-electron chi connectivity index (χ0n) is 19.5. The number of hydrogen-bond acceptors (Lipinski definition) is 4. The van der Waals surface area contributed by atoms with Crippen LogP contribution in [0, 0.1) is 11.3 Å². The van der Waals surface area contributed by atoms with E-state index in [-0.39, 0.29) is 30.4 Å². The Kier molecular flexibility index (Phi) is 5.38. The van der Waals surface area contributed by atoms with Crippen LogP contribution in [0.5, 0.6) is 0 Å². The molecule has 2 N–H and O–H groups in total. The molecule has 3 fully saturated rings. The number of carboxylic acids is 1. The highest BCUT2D eigenvalue weighted by Crippen LogP contribution is 2.59. The summed E-state index contributed by atoms with van der Waals surface area (Å²) in [6.45, 7) is 4.68. The highest BCUT2D eigenvalue weighted by molar-refractivity contribution is 5.91. The van der Waals surface area contributed by atoms with Gasteiger partial charge in [-0.15, -0.1) is 0 Å². The number of rotatable bonds is 7. The Labute approximate surface area is 199 Å². The predicted octanol–water partition coefficient (Wildman–Crippen LogP) is 4.02. The van der Waals surface area contributed by atoms with Gasteiger partial charge in [-0.1, -0.05) is 62.4 Å². The van der Waals surface area contributed by atoms with Crippen molar-refractivity contribution < 1.29 is 24.2 Å². The number of aliphatic carboxylic acids is 1. The van der Waals surface area contributed by atoms with Crippen molar-refractivity contribution in [1.82, 2.24) is 10.2 Å². The Bertz CT molecular complexity index is 1110. The van der Waals surface area contributed by atoms with E-state index in [1.165, 1.54) is 4.90 Å². The van der Waals surface area contributed by atoms with E-state index in [4.69, 9.17) is 4.74 Å². The molecule has 0 aromatic heterocycles. The van der Waals surface area contributed by atoms with Gasteiger partial charge in [-0.2, -0.15) is 0 Å². The Morgan fingerprint density at radius 2 is 1.68 bits per heavy atom. The van der Waals surface area contributed by atoms with E-state index in [0.29, 0.717) is 25.8 Å². The van der Waals surface area contributed by atoms with Crippen LogP contribution >= 0.6 is 0 Å². The van der Waals surface area contributed by atoms with Crippen molar-refractivity contribution in [2.24, 2.45) is 11.3 Å². The molecule has 2 saturated heterocycles. The molecule has 2 amide bonds. The van der Waals surface area contributed by atoms with Crippen LogP contribution < -0.4 is 5.32 Å². The second-order valence-corrected chi connectivity index (χ2v) is 10.2. The van der Waals surface area contributed by atoms with Crippen molar-refractivity contribution in [2.45, 2.75) is 44.6 Å². The van der Waals surface area contributed by atoms with Crippen LogP contribution in [0.15, 0.2) is 48.5 Å². The number of amides is 2. The summed E-state index contributed by atoms with van der Waals surface area (Å²) in [5, 5.41) is 12.5. The van der Waals surface area contributed by atoms with Gasteiger partial charge in [0.2, 0.25) is 5.91 Å². The highest BCUT2D eigenvalue weighted by atomic mass is 16.5. The standard InChI is InChI=1S/C27H30N2O5/c1-3-17(23(30)29-16-26(2)14-27(29,15-26)24(31)32)12-28-25(33)34-13-22-20-10-6-4-8-18(20)19-9-5-7-11-21(19)22/h4-11,17,22H,3,12-16H2,1-2H3,(H,28,33)(H,31,32). The fourth-order valence-corrected chi connectivity index (χ4v) is 6.23. The van der Waals surface area contributed by atoms with Crippen molar-refractivity contribution in [1.29, 1.82) is 0 Å². The maximum atomic E-state index is 13.2. The fourth-order valence-electron chi connectivity index (χ4n) is 6.23. The van der Waals surface area contributed by atoms with Crippen molar-refractivity contribution in [3.63, 3.8) is 0 Å². The molecule has 2 aliphatic heterocycles. The molecule has 178 valence electrons. The highest BCUT2D eigenvalue weighted by Gasteiger charge is 2.68. The molecule has 2 aromatic rings. The van der Waals surface area contributed by atoms with Crippen molar-refractivity contribution in [3.05, 3.63) is 59.7 Å². The number of nitrogens with one attached hydrogen (secondary N) is 1. The maximum absolute atomic E-state index is 13.2. The van der Waals surface area contributed by atoms with Gasteiger partial charge in [-0.3, -0.25) is 4.79 Å². The summed E-state index contributed by atoms with van der Waals surface area (Å²) in [6, 6.07) is 16.3. The first kappa shape index (κ1) is 22.4.